The molecule has 1 saturated heterocycles. The number of likely N-dealkylation sites (N-methyl/N-ethyl adjacent to an activating group) is 1. The number of hydrogen-bond donors (Lipinski definition) is 7. The van der Waals surface area contributed by atoms with E-state index in [-0.39, 0.29) is 69.9 Å². The van der Waals surface area contributed by atoms with Crippen LogP contribution in [0.5, 0.6) is 23.0 Å². The van der Waals surface area contributed by atoms with Crippen molar-refractivity contribution in [1.29, 1.82) is 0 Å². The Labute approximate surface area is 418 Å². The minimum Gasteiger partial charge on any atom is -0.507 e. The molecule has 1 amide bonds. The van der Waals surface area contributed by atoms with Crippen molar-refractivity contribution < 1.29 is 83.1 Å². The molecule has 2 aromatic rings. The van der Waals surface area contributed by atoms with Crippen LogP contribution >= 0.6 is 0 Å². The molecule has 4 aliphatic rings. The molecule has 9 atom stereocenters. The van der Waals surface area contributed by atoms with Crippen molar-refractivity contribution in [3.8, 4) is 23.0 Å². The molecule has 396 valence electrons. The summed E-state index contributed by atoms with van der Waals surface area (Å²) in [5.74, 6) is -11.1. The van der Waals surface area contributed by atoms with Crippen molar-refractivity contribution >= 4 is 57.9 Å². The number of piperazine rings is 1. The molecule has 5 bridgehead atoms. The Morgan fingerprint density at radius 1 is 0.903 bits per heavy atom. The van der Waals surface area contributed by atoms with Gasteiger partial charge in [0.25, 0.3) is 11.7 Å². The predicted octanol–water partition coefficient (Wildman–Crippen LogP) is 4.00. The number of hydrazone groups is 1. The van der Waals surface area contributed by atoms with Crippen molar-refractivity contribution in [3.05, 3.63) is 52.8 Å². The van der Waals surface area contributed by atoms with Gasteiger partial charge >= 0.3 is 17.7 Å². The van der Waals surface area contributed by atoms with Crippen LogP contribution in [0.2, 0.25) is 0 Å². The predicted molar refractivity (Wildman–Crippen MR) is 263 cm³/mol. The molecular weight excluding hydrogens is 941 g/mol. The number of allylic oxidation sites excluding steroid dienone is 2. The van der Waals surface area contributed by atoms with Crippen molar-refractivity contribution in [2.45, 2.75) is 99.3 Å². The van der Waals surface area contributed by atoms with Crippen LogP contribution in [0, 0.1) is 36.5 Å². The second-order valence-electron chi connectivity index (χ2n) is 18.7. The Kier molecular flexibility index (Phi) is 20.5. The molecule has 6 rings (SSSR count). The maximum atomic E-state index is 14.4. The first-order valence-electron chi connectivity index (χ1n) is 23.6. The fourth-order valence-corrected chi connectivity index (χ4v) is 8.52. The molecule has 0 radical (unpaired) electrons. The van der Waals surface area contributed by atoms with Gasteiger partial charge in [0, 0.05) is 113 Å². The van der Waals surface area contributed by atoms with Crippen molar-refractivity contribution in [2.24, 2.45) is 34.7 Å². The molecular formula is C51H70N4O17. The second-order valence-corrected chi connectivity index (χ2v) is 18.7. The number of carbonyl (C=O) groups excluding carboxylic acids is 6. The molecule has 0 aliphatic carbocycles. The number of Topliss-reactive ketones (excluding diaryl/α,β-unsaturated/α-hetero) is 3. The SMILES string of the molecule is CC(=O)O[C@H]1[C@H](C)[C@H](O)[C@H](C)[C@@H](O)[C@@H](C)/C=C/C=C(/C)C(=O)Nc2c(/C=N/N3CCN(C)CC3)c(O)c3c4c(c(C)c(O)c3c2O)OC(C)(O/C=C/[C@H](CO)[C@H]1C)C4=O.COCOC(=O)C(=O)CCC(C)=O. The first-order valence-corrected chi connectivity index (χ1v) is 23.6. The molecule has 1 unspecified atom stereocenters. The number of rotatable bonds is 10. The van der Waals surface area contributed by atoms with E-state index in [9.17, 15) is 59.4 Å². The Bertz CT molecular complexity index is 2480. The van der Waals surface area contributed by atoms with Gasteiger partial charge in [0.05, 0.1) is 46.9 Å². The van der Waals surface area contributed by atoms with Crippen molar-refractivity contribution in [1.82, 2.24) is 9.91 Å². The highest BCUT2D eigenvalue weighted by atomic mass is 16.7. The number of anilines is 1. The van der Waals surface area contributed by atoms with Gasteiger partial charge in [-0.2, -0.15) is 5.10 Å². The van der Waals surface area contributed by atoms with Gasteiger partial charge in [0.2, 0.25) is 5.78 Å². The number of carbonyl (C=O) groups is 6. The first-order chi connectivity index (χ1) is 33.8. The summed E-state index contributed by atoms with van der Waals surface area (Å²) in [7, 11) is 3.32. The lowest BCUT2D eigenvalue weighted by Gasteiger charge is -2.38. The summed E-state index contributed by atoms with van der Waals surface area (Å²) in [6.07, 6.45) is 5.43. The molecule has 72 heavy (non-hydrogen) atoms. The molecule has 0 aromatic heterocycles. The van der Waals surface area contributed by atoms with Crippen LogP contribution in [0.1, 0.15) is 89.7 Å². The quantitative estimate of drug-likeness (QED) is 0.0442. The topological polar surface area (TPSA) is 301 Å². The Morgan fingerprint density at radius 3 is 2.15 bits per heavy atom. The Hall–Kier alpha value is -6.39. The van der Waals surface area contributed by atoms with E-state index in [0.29, 0.717) is 26.2 Å². The van der Waals surface area contributed by atoms with Crippen molar-refractivity contribution in [2.75, 3.05) is 59.1 Å². The molecule has 7 N–H and O–H groups in total. The average Bonchev–Trinajstić information content (AvgIpc) is 3.60. The molecule has 4 heterocycles. The third-order valence-electron chi connectivity index (χ3n) is 13.3. The maximum absolute atomic E-state index is 14.4. The van der Waals surface area contributed by atoms with E-state index in [1.54, 1.807) is 44.9 Å². The molecule has 4 aliphatic heterocycles. The number of amides is 1. The normalized spacial score (nSPS) is 28.0. The molecule has 0 spiro atoms. The van der Waals surface area contributed by atoms with Gasteiger partial charge in [-0.05, 0) is 33.9 Å². The number of esters is 2. The van der Waals surface area contributed by atoms with E-state index < -0.39 is 107 Å². The van der Waals surface area contributed by atoms with Crippen molar-refractivity contribution in [3.63, 3.8) is 0 Å². The van der Waals surface area contributed by atoms with Crippen LogP contribution in [0.4, 0.5) is 5.69 Å². The second kappa shape index (κ2) is 25.3. The van der Waals surface area contributed by atoms with E-state index in [1.807, 2.05) is 7.05 Å². The van der Waals surface area contributed by atoms with E-state index >= 15 is 0 Å². The summed E-state index contributed by atoms with van der Waals surface area (Å²) in [6, 6.07) is 0. The molecule has 21 nitrogen and oxygen atoms in total. The van der Waals surface area contributed by atoms with Crippen LogP contribution in [-0.4, -0.2) is 160 Å². The minimum absolute atomic E-state index is 0.0406. The largest absolute Gasteiger partial charge is 0.507 e. The number of ketones is 3. The summed E-state index contributed by atoms with van der Waals surface area (Å²) in [6.45, 7) is 15.6. The summed E-state index contributed by atoms with van der Waals surface area (Å²) < 4.78 is 26.5. The van der Waals surface area contributed by atoms with Crippen LogP contribution in [0.15, 0.2) is 41.2 Å². The van der Waals surface area contributed by atoms with Crippen LogP contribution in [-0.2, 0) is 42.9 Å². The zero-order chi connectivity index (χ0) is 53.9. The highest BCUT2D eigenvalue weighted by Crippen LogP contribution is 2.55. The van der Waals surface area contributed by atoms with Gasteiger partial charge < -0.3 is 69.3 Å². The third-order valence-corrected chi connectivity index (χ3v) is 13.3. The Balaban J connectivity index is 0.000000757. The summed E-state index contributed by atoms with van der Waals surface area (Å²) in [4.78, 5) is 74.7. The van der Waals surface area contributed by atoms with Crippen LogP contribution in [0.25, 0.3) is 10.8 Å². The number of nitrogens with one attached hydrogen (secondary N) is 1. The van der Waals surface area contributed by atoms with Crippen LogP contribution in [0.3, 0.4) is 0 Å². The lowest BCUT2D eigenvalue weighted by Crippen LogP contribution is -2.45. The number of fused-ring (bicyclic) bond motifs is 14. The highest BCUT2D eigenvalue weighted by Gasteiger charge is 2.50. The number of methoxy groups -OCH3 is 1. The summed E-state index contributed by atoms with van der Waals surface area (Å²) in [5.41, 5.74) is -0.413. The molecule has 2 aromatic carbocycles. The monoisotopic (exact) mass is 1010 g/mol. The standard InChI is InChI=1S/C43H58N4O12.C8H12O5/c1-21-11-10-12-22(2)42(56)45-33-29(19-44-47-16-14-46(9)15-17-47)37(53)30-31(38(33)54)36(52)26(6)40-32(30)41(55)43(8,59-40)57-18-13-28(20-48)23(3)39(58-27(7)49)25(5)35(51)24(4)34(21)50;1-6(9)3-4-7(10)8(11)13-5-12-2/h10-13,18-19,21,23-25,28,34-35,39,48,50-54H,14-17,20H2,1-9H3,(H,45,56);3-5H2,1-2H3/b11-10+,18-13+,22-12-,44-19+;/t21-,23+,24+,25+,28+,34-,35+,39+,43?;/m0./s1. The number of phenols is 3. The number of ether oxygens (including phenoxy) is 5. The van der Waals surface area contributed by atoms with Gasteiger partial charge in [0.1, 0.15) is 29.1 Å². The first kappa shape index (κ1) is 58.2. The highest BCUT2D eigenvalue weighted by molar-refractivity contribution is 6.33. The van der Waals surface area contributed by atoms with E-state index in [0.717, 1.165) is 6.26 Å². The number of aliphatic hydroxyl groups excluding tert-OH is 3. The molecule has 0 saturated carbocycles. The lowest BCUT2D eigenvalue weighted by atomic mass is 9.76. The van der Waals surface area contributed by atoms with Gasteiger partial charge in [-0.3, -0.25) is 24.2 Å². The summed E-state index contributed by atoms with van der Waals surface area (Å²) in [5, 5.41) is 77.2. The summed E-state index contributed by atoms with van der Waals surface area (Å²) >= 11 is 0. The smallest absolute Gasteiger partial charge is 0.376 e. The van der Waals surface area contributed by atoms with Gasteiger partial charge in [-0.25, -0.2) is 4.79 Å². The number of aromatic hydroxyl groups is 3. The molecule has 21 heteroatoms. The fraction of sp³-hybridized carbons (Fsp3) is 0.549. The van der Waals surface area contributed by atoms with E-state index in [1.165, 1.54) is 60.1 Å². The van der Waals surface area contributed by atoms with Gasteiger partial charge in [-0.1, -0.05) is 45.9 Å². The van der Waals surface area contributed by atoms with Gasteiger partial charge in [-0.15, -0.1) is 0 Å². The third kappa shape index (κ3) is 13.6. The van der Waals surface area contributed by atoms with E-state index in [4.69, 9.17) is 14.2 Å². The number of aliphatic hydroxyl groups is 3. The lowest BCUT2D eigenvalue weighted by molar-refractivity contribution is -0.161. The van der Waals surface area contributed by atoms with E-state index in [2.05, 4.69) is 24.8 Å². The molecule has 1 fully saturated rings. The maximum Gasteiger partial charge on any atom is 0.376 e. The van der Waals surface area contributed by atoms with Crippen LogP contribution < -0.4 is 10.1 Å². The fourth-order valence-electron chi connectivity index (χ4n) is 8.52. The minimum atomic E-state index is -2.07. The number of benzene rings is 2. The zero-order valence-corrected chi connectivity index (χ0v) is 42.8. The zero-order valence-electron chi connectivity index (χ0n) is 42.8. The Morgan fingerprint density at radius 2 is 1.56 bits per heavy atom. The number of hydrogen-bond acceptors (Lipinski definition) is 20. The van der Waals surface area contributed by atoms with Gasteiger partial charge in [0.15, 0.2) is 12.5 Å². The number of phenolic OH excluding ortho intramolecular Hbond substituents is 3. The number of nitrogens with zero attached hydrogens (tertiary/aromatic N) is 3. The average molecular weight is 1010 g/mol.